The van der Waals surface area contributed by atoms with Gasteiger partial charge in [0.05, 0.1) is 0 Å². The quantitative estimate of drug-likeness (QED) is 0.627. The van der Waals surface area contributed by atoms with Gasteiger partial charge in [-0.25, -0.2) is 0 Å². The van der Waals surface area contributed by atoms with Crippen LogP contribution in [0.1, 0.15) is 11.1 Å². The van der Waals surface area contributed by atoms with Crippen LogP contribution < -0.4 is 0 Å². The van der Waals surface area contributed by atoms with E-state index in [1.165, 1.54) is 0 Å². The normalized spacial score (nSPS) is 9.38. The molecule has 2 heteroatoms. The van der Waals surface area contributed by atoms with Gasteiger partial charge in [0.25, 0.3) is 0 Å². The molecule has 0 heterocycles. The minimum absolute atomic E-state index is 0.730. The van der Waals surface area contributed by atoms with Crippen molar-refractivity contribution in [2.45, 2.75) is 0 Å². The summed E-state index contributed by atoms with van der Waals surface area (Å²) in [4.78, 5) is 0. The van der Waals surface area contributed by atoms with Gasteiger partial charge in [0, 0.05) is 20.6 Å². The van der Waals surface area contributed by atoms with E-state index in [1.807, 2.05) is 48.5 Å². The fraction of sp³-hybridized carbons (Fsp3) is 0. The van der Waals surface area contributed by atoms with E-state index in [0.29, 0.717) is 0 Å². The molecule has 0 amide bonds. The maximum Gasteiger partial charge on any atom is 0.0406 e. The summed E-state index contributed by atoms with van der Waals surface area (Å²) >= 11 is 9.21. The highest BCUT2D eigenvalue weighted by Crippen LogP contribution is 2.11. The summed E-state index contributed by atoms with van der Waals surface area (Å²) in [6.45, 7) is 0. The molecule has 2 rings (SSSR count). The van der Waals surface area contributed by atoms with Crippen molar-refractivity contribution in [3.05, 3.63) is 69.2 Å². The van der Waals surface area contributed by atoms with Gasteiger partial charge in [0.1, 0.15) is 0 Å². The highest BCUT2D eigenvalue weighted by atomic mass is 79.9. The summed E-state index contributed by atoms with van der Waals surface area (Å²) < 4.78 is 1.04. The molecule has 0 saturated heterocycles. The number of hydrogen-bond donors (Lipinski definition) is 0. The van der Waals surface area contributed by atoms with Crippen LogP contribution in [0.3, 0.4) is 0 Å². The van der Waals surface area contributed by atoms with Crippen molar-refractivity contribution < 1.29 is 0 Å². The lowest BCUT2D eigenvalue weighted by Crippen LogP contribution is -1.75. The molecule has 0 aliphatic rings. The van der Waals surface area contributed by atoms with Crippen LogP contribution in [0.25, 0.3) is 0 Å². The summed E-state index contributed by atoms with van der Waals surface area (Å²) in [5.74, 6) is 6.18. The molecule has 0 atom stereocenters. The van der Waals surface area contributed by atoms with Gasteiger partial charge in [0.15, 0.2) is 0 Å². The minimum Gasteiger partial charge on any atom is -0.0843 e. The second-order valence-electron chi connectivity index (χ2n) is 3.27. The van der Waals surface area contributed by atoms with Gasteiger partial charge in [-0.3, -0.25) is 0 Å². The van der Waals surface area contributed by atoms with E-state index in [2.05, 4.69) is 27.8 Å². The molecule has 2 aromatic carbocycles. The molecule has 78 valence electrons. The second kappa shape index (κ2) is 5.21. The van der Waals surface area contributed by atoms with Crippen LogP contribution in [0, 0.1) is 11.8 Å². The second-order valence-corrected chi connectivity index (χ2v) is 4.62. The molecule has 0 aliphatic heterocycles. The van der Waals surface area contributed by atoms with Crippen LogP contribution in [0.5, 0.6) is 0 Å². The SMILES string of the molecule is Clc1ccc(C#Cc2cccc(Br)c2)cc1. The molecular weight excluding hydrogens is 284 g/mol. The first-order valence-electron chi connectivity index (χ1n) is 4.77. The van der Waals surface area contributed by atoms with Crippen LogP contribution in [-0.2, 0) is 0 Å². The van der Waals surface area contributed by atoms with Gasteiger partial charge in [-0.15, -0.1) is 0 Å². The zero-order chi connectivity index (χ0) is 11.4. The van der Waals surface area contributed by atoms with Crippen LogP contribution in [0.4, 0.5) is 0 Å². The Morgan fingerprint density at radius 1 is 0.875 bits per heavy atom. The van der Waals surface area contributed by atoms with E-state index in [1.54, 1.807) is 0 Å². The number of halogens is 2. The lowest BCUT2D eigenvalue weighted by molar-refractivity contribution is 1.59. The first kappa shape index (κ1) is 11.3. The van der Waals surface area contributed by atoms with Crippen LogP contribution in [-0.4, -0.2) is 0 Å². The highest BCUT2D eigenvalue weighted by Gasteiger charge is 1.89. The Kier molecular flexibility index (Phi) is 3.66. The van der Waals surface area contributed by atoms with Crippen molar-refractivity contribution in [3.8, 4) is 11.8 Å². The fourth-order valence-corrected chi connectivity index (χ4v) is 1.77. The molecule has 0 saturated carbocycles. The smallest absolute Gasteiger partial charge is 0.0406 e. The van der Waals surface area contributed by atoms with Crippen molar-refractivity contribution in [2.75, 3.05) is 0 Å². The fourth-order valence-electron chi connectivity index (χ4n) is 1.24. The molecule has 0 aromatic heterocycles. The average molecular weight is 292 g/mol. The summed E-state index contributed by atoms with van der Waals surface area (Å²) in [6.07, 6.45) is 0. The number of hydrogen-bond acceptors (Lipinski definition) is 0. The molecule has 16 heavy (non-hydrogen) atoms. The van der Waals surface area contributed by atoms with Crippen LogP contribution >= 0.6 is 27.5 Å². The van der Waals surface area contributed by atoms with E-state index in [4.69, 9.17) is 11.6 Å². The third-order valence-corrected chi connectivity index (χ3v) is 2.77. The lowest BCUT2D eigenvalue weighted by atomic mass is 10.2. The Hall–Kier alpha value is -1.23. The van der Waals surface area contributed by atoms with E-state index in [-0.39, 0.29) is 0 Å². The molecule has 0 radical (unpaired) electrons. The summed E-state index contributed by atoms with van der Waals surface area (Å²) in [5, 5.41) is 0.730. The van der Waals surface area contributed by atoms with Gasteiger partial charge in [-0.2, -0.15) is 0 Å². The first-order chi connectivity index (χ1) is 7.74. The summed E-state index contributed by atoms with van der Waals surface area (Å²) in [6, 6.07) is 15.4. The van der Waals surface area contributed by atoms with Crippen LogP contribution in [0.2, 0.25) is 5.02 Å². The Balaban J connectivity index is 2.25. The third-order valence-electron chi connectivity index (χ3n) is 2.02. The van der Waals surface area contributed by atoms with Crippen molar-refractivity contribution in [2.24, 2.45) is 0 Å². The number of rotatable bonds is 0. The molecular formula is C14H8BrCl. The van der Waals surface area contributed by atoms with Crippen molar-refractivity contribution in [1.29, 1.82) is 0 Å². The molecule has 0 spiro atoms. The molecule has 0 fully saturated rings. The predicted octanol–water partition coefficient (Wildman–Crippen LogP) is 4.50. The topological polar surface area (TPSA) is 0 Å². The lowest BCUT2D eigenvalue weighted by Gasteiger charge is -1.92. The van der Waals surface area contributed by atoms with Crippen molar-refractivity contribution in [1.82, 2.24) is 0 Å². The third kappa shape index (κ3) is 3.13. The molecule has 0 nitrogen and oxygen atoms in total. The highest BCUT2D eigenvalue weighted by molar-refractivity contribution is 9.10. The largest absolute Gasteiger partial charge is 0.0843 e. The van der Waals surface area contributed by atoms with Gasteiger partial charge in [0.2, 0.25) is 0 Å². The predicted molar refractivity (Wildman–Crippen MR) is 71.6 cm³/mol. The Morgan fingerprint density at radius 3 is 2.25 bits per heavy atom. The first-order valence-corrected chi connectivity index (χ1v) is 5.94. The standard InChI is InChI=1S/C14H8BrCl/c15-13-3-1-2-12(10-13)5-4-11-6-8-14(16)9-7-11/h1-3,6-10H. The Labute approximate surface area is 108 Å². The van der Waals surface area contributed by atoms with E-state index < -0.39 is 0 Å². The van der Waals surface area contributed by atoms with Gasteiger partial charge >= 0.3 is 0 Å². The minimum atomic E-state index is 0.730. The van der Waals surface area contributed by atoms with Gasteiger partial charge in [-0.1, -0.05) is 45.4 Å². The average Bonchev–Trinajstić information content (AvgIpc) is 2.28. The zero-order valence-electron chi connectivity index (χ0n) is 8.37. The van der Waals surface area contributed by atoms with Crippen molar-refractivity contribution >= 4 is 27.5 Å². The molecule has 0 bridgehead atoms. The molecule has 2 aromatic rings. The maximum absolute atomic E-state index is 5.80. The number of benzene rings is 2. The maximum atomic E-state index is 5.80. The zero-order valence-corrected chi connectivity index (χ0v) is 10.7. The molecule has 0 aliphatic carbocycles. The summed E-state index contributed by atoms with van der Waals surface area (Å²) in [7, 11) is 0. The van der Waals surface area contributed by atoms with E-state index in [9.17, 15) is 0 Å². The monoisotopic (exact) mass is 290 g/mol. The Bertz CT molecular complexity index is 547. The Morgan fingerprint density at radius 2 is 1.56 bits per heavy atom. The van der Waals surface area contributed by atoms with Crippen LogP contribution in [0.15, 0.2) is 53.0 Å². The van der Waals surface area contributed by atoms with Crippen molar-refractivity contribution in [3.63, 3.8) is 0 Å². The molecule has 0 N–H and O–H groups in total. The van der Waals surface area contributed by atoms with E-state index >= 15 is 0 Å². The molecule has 0 unspecified atom stereocenters. The summed E-state index contributed by atoms with van der Waals surface area (Å²) in [5.41, 5.74) is 1.95. The van der Waals surface area contributed by atoms with Gasteiger partial charge in [-0.05, 0) is 42.5 Å². The van der Waals surface area contributed by atoms with E-state index in [0.717, 1.165) is 20.6 Å². The van der Waals surface area contributed by atoms with Gasteiger partial charge < -0.3 is 0 Å².